The Bertz CT molecular complexity index is 966. The summed E-state index contributed by atoms with van der Waals surface area (Å²) in [6.07, 6.45) is 1.89. The average Bonchev–Trinajstić information content (AvgIpc) is 3.34. The monoisotopic (exact) mass is 350 g/mol. The van der Waals surface area contributed by atoms with Gasteiger partial charge in [0.2, 0.25) is 0 Å². The summed E-state index contributed by atoms with van der Waals surface area (Å²) in [5.41, 5.74) is 7.30. The molecule has 0 amide bonds. The van der Waals surface area contributed by atoms with Crippen LogP contribution in [-0.2, 0) is 19.6 Å². The van der Waals surface area contributed by atoms with Crippen molar-refractivity contribution < 1.29 is 5.11 Å². The van der Waals surface area contributed by atoms with E-state index in [-0.39, 0.29) is 6.10 Å². The highest BCUT2D eigenvalue weighted by molar-refractivity contribution is 5.87. The van der Waals surface area contributed by atoms with Crippen molar-refractivity contribution in [1.82, 2.24) is 19.7 Å². The van der Waals surface area contributed by atoms with Crippen molar-refractivity contribution >= 4 is 10.9 Å². The third-order valence-corrected chi connectivity index (χ3v) is 6.09. The molecule has 2 aliphatic rings. The summed E-state index contributed by atoms with van der Waals surface area (Å²) >= 11 is 0. The number of rotatable bonds is 4. The number of hydrogen-bond acceptors (Lipinski definition) is 3. The lowest BCUT2D eigenvalue weighted by Gasteiger charge is -2.27. The van der Waals surface area contributed by atoms with E-state index in [2.05, 4.69) is 57.8 Å². The molecule has 1 fully saturated rings. The SMILES string of the molecule is Cc1[nH]c2c(CN3CCn4nc([C@H](O)C5CC5)cc4C3)cccc2c1C. The van der Waals surface area contributed by atoms with Crippen LogP contribution in [0, 0.1) is 19.8 Å². The maximum absolute atomic E-state index is 10.4. The van der Waals surface area contributed by atoms with Gasteiger partial charge < -0.3 is 10.1 Å². The van der Waals surface area contributed by atoms with E-state index in [0.29, 0.717) is 5.92 Å². The highest BCUT2D eigenvalue weighted by Crippen LogP contribution is 2.40. The van der Waals surface area contributed by atoms with E-state index in [1.165, 1.54) is 33.4 Å². The second-order valence-corrected chi connectivity index (χ2v) is 7.99. The van der Waals surface area contributed by atoms with Crippen LogP contribution in [0.1, 0.15) is 47.2 Å². The normalized spacial score (nSPS) is 19.0. The molecular weight excluding hydrogens is 324 g/mol. The fraction of sp³-hybridized carbons (Fsp3) is 0.476. The summed E-state index contributed by atoms with van der Waals surface area (Å²) in [5, 5.41) is 16.3. The van der Waals surface area contributed by atoms with E-state index in [1.807, 2.05) is 0 Å². The number of aliphatic hydroxyl groups excluding tert-OH is 1. The highest BCUT2D eigenvalue weighted by Gasteiger charge is 2.33. The number of aryl methyl sites for hydroxylation is 2. The molecule has 5 rings (SSSR count). The summed E-state index contributed by atoms with van der Waals surface area (Å²) in [7, 11) is 0. The van der Waals surface area contributed by atoms with Gasteiger partial charge in [-0.25, -0.2) is 0 Å². The van der Waals surface area contributed by atoms with Gasteiger partial charge in [0.25, 0.3) is 0 Å². The second kappa shape index (κ2) is 5.96. The van der Waals surface area contributed by atoms with Gasteiger partial charge in [-0.1, -0.05) is 18.2 Å². The van der Waals surface area contributed by atoms with Crippen molar-refractivity contribution in [2.45, 2.75) is 52.4 Å². The summed E-state index contributed by atoms with van der Waals surface area (Å²) < 4.78 is 2.08. The number of hydrogen-bond donors (Lipinski definition) is 2. The molecular formula is C21H26N4O. The minimum absolute atomic E-state index is 0.375. The number of aromatic nitrogens is 3. The van der Waals surface area contributed by atoms with Crippen molar-refractivity contribution in [3.8, 4) is 0 Å². The molecule has 26 heavy (non-hydrogen) atoms. The standard InChI is InChI=1S/C21H26N4O/c1-13-14(2)22-20-16(4-3-5-18(13)20)11-24-8-9-25-17(12-24)10-19(23-25)21(26)15-6-7-15/h3-5,10,15,21-22,26H,6-9,11-12H2,1-2H3/t21-/m1/s1. The third kappa shape index (κ3) is 2.66. The maximum Gasteiger partial charge on any atom is 0.101 e. The fourth-order valence-electron chi connectivity index (χ4n) is 4.19. The van der Waals surface area contributed by atoms with Crippen LogP contribution < -0.4 is 0 Å². The summed E-state index contributed by atoms with van der Waals surface area (Å²) in [6.45, 7) is 8.03. The molecule has 3 heterocycles. The molecule has 3 aromatic rings. The number of aliphatic hydroxyl groups is 1. The number of para-hydroxylation sites is 1. The first-order chi connectivity index (χ1) is 12.6. The van der Waals surface area contributed by atoms with E-state index >= 15 is 0 Å². The number of H-pyrrole nitrogens is 1. The molecule has 0 bridgehead atoms. The Hall–Kier alpha value is -2.11. The second-order valence-electron chi connectivity index (χ2n) is 7.99. The first-order valence-electron chi connectivity index (χ1n) is 9.64. The topological polar surface area (TPSA) is 57.1 Å². The molecule has 1 aliphatic heterocycles. The molecule has 136 valence electrons. The zero-order valence-corrected chi connectivity index (χ0v) is 15.5. The summed E-state index contributed by atoms with van der Waals surface area (Å²) in [4.78, 5) is 6.04. The highest BCUT2D eigenvalue weighted by atomic mass is 16.3. The Balaban J connectivity index is 1.37. The number of benzene rings is 1. The third-order valence-electron chi connectivity index (χ3n) is 6.09. The van der Waals surface area contributed by atoms with Crippen LogP contribution in [0.25, 0.3) is 10.9 Å². The lowest BCUT2D eigenvalue weighted by Crippen LogP contribution is -2.33. The number of nitrogens with one attached hydrogen (secondary N) is 1. The van der Waals surface area contributed by atoms with Crippen molar-refractivity contribution in [3.63, 3.8) is 0 Å². The fourth-order valence-corrected chi connectivity index (χ4v) is 4.19. The van der Waals surface area contributed by atoms with Gasteiger partial charge in [0.05, 0.1) is 23.4 Å². The summed E-state index contributed by atoms with van der Waals surface area (Å²) in [5.74, 6) is 0.431. The average molecular weight is 350 g/mol. The van der Waals surface area contributed by atoms with E-state index in [1.54, 1.807) is 0 Å². The smallest absolute Gasteiger partial charge is 0.101 e. The minimum atomic E-state index is -0.375. The van der Waals surface area contributed by atoms with Crippen LogP contribution >= 0.6 is 0 Å². The van der Waals surface area contributed by atoms with Gasteiger partial charge in [-0.05, 0) is 49.8 Å². The predicted octanol–water partition coefficient (Wildman–Crippen LogP) is 3.44. The maximum atomic E-state index is 10.4. The number of fused-ring (bicyclic) bond motifs is 2. The molecule has 1 aliphatic carbocycles. The molecule has 0 radical (unpaired) electrons. The van der Waals surface area contributed by atoms with Crippen LogP contribution in [0.4, 0.5) is 0 Å². The van der Waals surface area contributed by atoms with E-state index in [9.17, 15) is 5.11 Å². The van der Waals surface area contributed by atoms with Gasteiger partial charge in [-0.2, -0.15) is 5.10 Å². The largest absolute Gasteiger partial charge is 0.386 e. The number of aromatic amines is 1. The van der Waals surface area contributed by atoms with E-state index < -0.39 is 0 Å². The van der Waals surface area contributed by atoms with Crippen molar-refractivity contribution in [3.05, 3.63) is 52.5 Å². The Kier molecular flexibility index (Phi) is 3.69. The molecule has 1 atom stereocenters. The molecule has 0 unspecified atom stereocenters. The molecule has 5 heteroatoms. The Morgan fingerprint density at radius 3 is 2.92 bits per heavy atom. The van der Waals surface area contributed by atoms with Crippen LogP contribution in [0.5, 0.6) is 0 Å². The molecule has 2 aromatic heterocycles. The van der Waals surface area contributed by atoms with Crippen molar-refractivity contribution in [2.24, 2.45) is 5.92 Å². The van der Waals surface area contributed by atoms with Crippen LogP contribution in [0.2, 0.25) is 0 Å². The first kappa shape index (κ1) is 16.1. The van der Waals surface area contributed by atoms with Crippen LogP contribution in [-0.4, -0.2) is 31.3 Å². The molecule has 0 spiro atoms. The van der Waals surface area contributed by atoms with Crippen molar-refractivity contribution in [2.75, 3.05) is 6.54 Å². The lowest BCUT2D eigenvalue weighted by atomic mass is 10.1. The number of nitrogens with zero attached hydrogens (tertiary/aromatic N) is 3. The molecule has 1 saturated carbocycles. The van der Waals surface area contributed by atoms with Crippen LogP contribution in [0.3, 0.4) is 0 Å². The van der Waals surface area contributed by atoms with Gasteiger partial charge in [0.15, 0.2) is 0 Å². The Morgan fingerprint density at radius 2 is 2.12 bits per heavy atom. The quantitative estimate of drug-likeness (QED) is 0.758. The molecule has 2 N–H and O–H groups in total. The molecule has 1 aromatic carbocycles. The van der Waals surface area contributed by atoms with Crippen molar-refractivity contribution in [1.29, 1.82) is 0 Å². The minimum Gasteiger partial charge on any atom is -0.386 e. The zero-order chi connectivity index (χ0) is 17.8. The van der Waals surface area contributed by atoms with Crippen LogP contribution in [0.15, 0.2) is 24.3 Å². The first-order valence-corrected chi connectivity index (χ1v) is 9.64. The van der Waals surface area contributed by atoms with E-state index in [4.69, 9.17) is 0 Å². The lowest BCUT2D eigenvalue weighted by molar-refractivity contribution is 0.147. The molecule has 5 nitrogen and oxygen atoms in total. The Labute approximate surface area is 153 Å². The van der Waals surface area contributed by atoms with Gasteiger partial charge >= 0.3 is 0 Å². The van der Waals surface area contributed by atoms with Gasteiger partial charge in [-0.3, -0.25) is 9.58 Å². The predicted molar refractivity (Wildman–Crippen MR) is 102 cm³/mol. The summed E-state index contributed by atoms with van der Waals surface area (Å²) in [6, 6.07) is 8.70. The van der Waals surface area contributed by atoms with Gasteiger partial charge in [0.1, 0.15) is 6.10 Å². The van der Waals surface area contributed by atoms with Gasteiger partial charge in [-0.15, -0.1) is 0 Å². The Morgan fingerprint density at radius 1 is 1.27 bits per heavy atom. The molecule has 0 saturated heterocycles. The van der Waals surface area contributed by atoms with Gasteiger partial charge in [0, 0.05) is 30.7 Å². The zero-order valence-electron chi connectivity index (χ0n) is 15.5. The van der Waals surface area contributed by atoms with E-state index in [0.717, 1.165) is 44.7 Å².